The Balaban J connectivity index is 2.20. The molecule has 0 unspecified atom stereocenters. The van der Waals surface area contributed by atoms with Crippen LogP contribution in [0.4, 0.5) is 13.2 Å². The van der Waals surface area contributed by atoms with Gasteiger partial charge in [-0.15, -0.1) is 0 Å². The molecule has 2 atom stereocenters. The Labute approximate surface area is 177 Å². The summed E-state index contributed by atoms with van der Waals surface area (Å²) in [6.45, 7) is 1.26. The van der Waals surface area contributed by atoms with Crippen molar-refractivity contribution in [3.8, 4) is 0 Å². The minimum absolute atomic E-state index is 0.170. The van der Waals surface area contributed by atoms with E-state index in [4.69, 9.17) is 4.74 Å². The van der Waals surface area contributed by atoms with Gasteiger partial charge in [0.15, 0.2) is 0 Å². The second-order valence-corrected chi connectivity index (χ2v) is 6.93. The Morgan fingerprint density at radius 2 is 1.52 bits per heavy atom. The lowest BCUT2D eigenvalue weighted by atomic mass is 10.0. The van der Waals surface area contributed by atoms with E-state index >= 15 is 0 Å². The van der Waals surface area contributed by atoms with E-state index in [0.29, 0.717) is 0 Å². The highest BCUT2D eigenvalue weighted by atomic mass is 19.4. The average Bonchev–Trinajstić information content (AvgIpc) is 2.72. The van der Waals surface area contributed by atoms with Crippen molar-refractivity contribution in [3.63, 3.8) is 0 Å². The largest absolute Gasteiger partial charge is 0.467 e. The molecule has 0 aliphatic heterocycles. The zero-order chi connectivity index (χ0) is 23.0. The minimum atomic E-state index is -4.54. The summed E-state index contributed by atoms with van der Waals surface area (Å²) >= 11 is 0. The van der Waals surface area contributed by atoms with Crippen molar-refractivity contribution in [2.45, 2.75) is 38.0 Å². The number of alkyl halides is 3. The number of rotatable bonds is 8. The number of hydrogen-bond donors (Lipinski definition) is 2. The van der Waals surface area contributed by atoms with E-state index in [0.717, 1.165) is 24.8 Å². The number of methoxy groups -OCH3 is 1. The number of esters is 1. The maximum Gasteiger partial charge on any atom is 0.416 e. The SMILES string of the molecule is COC(=O)[C@@H](Cc1cccc(C(F)(F)F)c1)NC(=O)[C@@H](Cc1ccccc1)NC(C)=O. The smallest absolute Gasteiger partial charge is 0.416 e. The highest BCUT2D eigenvalue weighted by Gasteiger charge is 2.31. The number of benzene rings is 2. The highest BCUT2D eigenvalue weighted by Crippen LogP contribution is 2.29. The molecule has 2 amide bonds. The number of amides is 2. The fourth-order valence-electron chi connectivity index (χ4n) is 3.02. The molecule has 0 saturated heterocycles. The van der Waals surface area contributed by atoms with Gasteiger partial charge in [0.25, 0.3) is 0 Å². The van der Waals surface area contributed by atoms with Crippen molar-refractivity contribution >= 4 is 17.8 Å². The molecule has 2 rings (SSSR count). The predicted octanol–water partition coefficient (Wildman–Crippen LogP) is 2.65. The van der Waals surface area contributed by atoms with Crippen LogP contribution in [0.25, 0.3) is 0 Å². The van der Waals surface area contributed by atoms with Gasteiger partial charge in [-0.25, -0.2) is 4.79 Å². The van der Waals surface area contributed by atoms with Crippen LogP contribution in [0.5, 0.6) is 0 Å². The molecule has 0 saturated carbocycles. The van der Waals surface area contributed by atoms with Crippen LogP contribution in [-0.2, 0) is 38.1 Å². The summed E-state index contributed by atoms with van der Waals surface area (Å²) in [5.41, 5.74) is 0.119. The van der Waals surface area contributed by atoms with Crippen LogP contribution in [-0.4, -0.2) is 37.0 Å². The normalized spacial score (nSPS) is 13.1. The summed E-state index contributed by atoms with van der Waals surface area (Å²) in [5, 5.41) is 5.02. The molecule has 9 heteroatoms. The quantitative estimate of drug-likeness (QED) is 0.624. The van der Waals surface area contributed by atoms with Crippen LogP contribution in [0.3, 0.4) is 0 Å². The molecule has 0 fully saturated rings. The topological polar surface area (TPSA) is 84.5 Å². The third-order valence-electron chi connectivity index (χ3n) is 4.47. The van der Waals surface area contributed by atoms with E-state index in [1.807, 2.05) is 0 Å². The van der Waals surface area contributed by atoms with Crippen molar-refractivity contribution in [3.05, 3.63) is 71.3 Å². The fraction of sp³-hybridized carbons (Fsp3) is 0.318. The summed E-state index contributed by atoms with van der Waals surface area (Å²) in [4.78, 5) is 36.6. The summed E-state index contributed by atoms with van der Waals surface area (Å²) in [6.07, 6.45) is -4.57. The molecular weight excluding hydrogens is 413 g/mol. The molecule has 0 heterocycles. The fourth-order valence-corrected chi connectivity index (χ4v) is 3.02. The zero-order valence-corrected chi connectivity index (χ0v) is 17.0. The van der Waals surface area contributed by atoms with Gasteiger partial charge in [0, 0.05) is 19.8 Å². The number of carbonyl (C=O) groups is 3. The molecule has 31 heavy (non-hydrogen) atoms. The molecule has 0 bridgehead atoms. The van der Waals surface area contributed by atoms with Crippen LogP contribution in [0, 0.1) is 0 Å². The first-order valence-electron chi connectivity index (χ1n) is 9.45. The number of halogens is 3. The Kier molecular flexibility index (Phi) is 8.18. The van der Waals surface area contributed by atoms with Gasteiger partial charge in [-0.1, -0.05) is 48.5 Å². The molecule has 166 valence electrons. The summed E-state index contributed by atoms with van der Waals surface area (Å²) in [5.74, 6) is -1.91. The molecule has 0 spiro atoms. The summed E-state index contributed by atoms with van der Waals surface area (Å²) in [7, 11) is 1.11. The molecule has 2 aromatic carbocycles. The Morgan fingerprint density at radius 1 is 0.903 bits per heavy atom. The second-order valence-electron chi connectivity index (χ2n) is 6.93. The third kappa shape index (κ3) is 7.44. The lowest BCUT2D eigenvalue weighted by Crippen LogP contribution is -2.53. The minimum Gasteiger partial charge on any atom is -0.467 e. The molecule has 0 aromatic heterocycles. The predicted molar refractivity (Wildman–Crippen MR) is 107 cm³/mol. The lowest BCUT2D eigenvalue weighted by Gasteiger charge is -2.22. The number of ether oxygens (including phenoxy) is 1. The van der Waals surface area contributed by atoms with Crippen LogP contribution < -0.4 is 10.6 Å². The van der Waals surface area contributed by atoms with E-state index in [1.54, 1.807) is 30.3 Å². The maximum atomic E-state index is 13.0. The average molecular weight is 436 g/mol. The Morgan fingerprint density at radius 3 is 2.10 bits per heavy atom. The Bertz CT molecular complexity index is 916. The second kappa shape index (κ2) is 10.6. The van der Waals surface area contributed by atoms with Crippen LogP contribution >= 0.6 is 0 Å². The molecule has 2 N–H and O–H groups in total. The number of nitrogens with one attached hydrogen (secondary N) is 2. The van der Waals surface area contributed by atoms with E-state index < -0.39 is 41.6 Å². The molecule has 6 nitrogen and oxygen atoms in total. The van der Waals surface area contributed by atoms with Crippen molar-refractivity contribution < 1.29 is 32.3 Å². The molecule has 0 aliphatic rings. The third-order valence-corrected chi connectivity index (χ3v) is 4.47. The van der Waals surface area contributed by atoms with Crippen molar-refractivity contribution in [1.29, 1.82) is 0 Å². The lowest BCUT2D eigenvalue weighted by molar-refractivity contribution is -0.145. The van der Waals surface area contributed by atoms with Crippen LogP contribution in [0.1, 0.15) is 23.6 Å². The van der Waals surface area contributed by atoms with E-state index in [9.17, 15) is 27.6 Å². The van der Waals surface area contributed by atoms with E-state index in [1.165, 1.54) is 19.1 Å². The van der Waals surface area contributed by atoms with Crippen LogP contribution in [0.2, 0.25) is 0 Å². The first-order valence-corrected chi connectivity index (χ1v) is 9.45. The summed E-state index contributed by atoms with van der Waals surface area (Å²) < 4.78 is 43.6. The van der Waals surface area contributed by atoms with Gasteiger partial charge in [-0.2, -0.15) is 13.2 Å². The van der Waals surface area contributed by atoms with Crippen LogP contribution in [0.15, 0.2) is 54.6 Å². The van der Waals surface area contributed by atoms with E-state index in [2.05, 4.69) is 10.6 Å². The van der Waals surface area contributed by atoms with Gasteiger partial charge in [-0.3, -0.25) is 9.59 Å². The maximum absolute atomic E-state index is 13.0. The molecule has 2 aromatic rings. The van der Waals surface area contributed by atoms with Gasteiger partial charge in [0.2, 0.25) is 11.8 Å². The Hall–Kier alpha value is -3.36. The van der Waals surface area contributed by atoms with Crippen molar-refractivity contribution in [2.24, 2.45) is 0 Å². The molecular formula is C22H23F3N2O4. The summed E-state index contributed by atoms with van der Waals surface area (Å²) in [6, 6.07) is 11.2. The highest BCUT2D eigenvalue weighted by molar-refractivity contribution is 5.90. The monoisotopic (exact) mass is 436 g/mol. The van der Waals surface area contributed by atoms with Gasteiger partial charge in [-0.05, 0) is 17.2 Å². The number of carbonyl (C=O) groups excluding carboxylic acids is 3. The zero-order valence-electron chi connectivity index (χ0n) is 17.0. The first kappa shape index (κ1) is 23.9. The van der Waals surface area contributed by atoms with Gasteiger partial charge >= 0.3 is 12.1 Å². The number of hydrogen-bond acceptors (Lipinski definition) is 4. The van der Waals surface area contributed by atoms with Crippen molar-refractivity contribution in [1.82, 2.24) is 10.6 Å². The van der Waals surface area contributed by atoms with E-state index in [-0.39, 0.29) is 18.4 Å². The molecule has 0 radical (unpaired) electrons. The van der Waals surface area contributed by atoms with Gasteiger partial charge in [0.1, 0.15) is 12.1 Å². The molecule has 0 aliphatic carbocycles. The van der Waals surface area contributed by atoms with Gasteiger partial charge < -0.3 is 15.4 Å². The standard InChI is InChI=1S/C22H23F3N2O4/c1-14(28)26-18(12-15-7-4-3-5-8-15)20(29)27-19(21(30)31-2)13-16-9-6-10-17(11-16)22(23,24)25/h3-11,18-19H,12-13H2,1-2H3,(H,26,28)(H,27,29)/t18-,19-/m1/s1. The van der Waals surface area contributed by atoms with Gasteiger partial charge in [0.05, 0.1) is 12.7 Å². The first-order chi connectivity index (χ1) is 14.6. The van der Waals surface area contributed by atoms with Crippen molar-refractivity contribution in [2.75, 3.05) is 7.11 Å².